The molecular formula is C17H20Cl2N2O3S2. The fraction of sp³-hybridized carbons (Fsp3) is 0.412. The van der Waals surface area contributed by atoms with Gasteiger partial charge in [-0.1, -0.05) is 23.2 Å². The Bertz CT molecular complexity index is 855. The summed E-state index contributed by atoms with van der Waals surface area (Å²) in [6, 6.07) is 4.82. The van der Waals surface area contributed by atoms with E-state index in [1.807, 2.05) is 5.38 Å². The number of hydrogen-bond acceptors (Lipinski definition) is 5. The molecule has 0 spiro atoms. The second-order valence-corrected chi connectivity index (χ2v) is 9.56. The van der Waals surface area contributed by atoms with Crippen molar-refractivity contribution >= 4 is 50.2 Å². The van der Waals surface area contributed by atoms with Crippen molar-refractivity contribution in [2.45, 2.75) is 18.2 Å². The van der Waals surface area contributed by atoms with Crippen LogP contribution in [-0.2, 0) is 21.2 Å². The van der Waals surface area contributed by atoms with Crippen LogP contribution >= 0.6 is 34.5 Å². The van der Waals surface area contributed by atoms with E-state index in [0.717, 1.165) is 44.1 Å². The lowest BCUT2D eigenvalue weighted by molar-refractivity contribution is 0.0385. The molecular weight excluding hydrogens is 415 g/mol. The Hall–Kier alpha value is -0.830. The van der Waals surface area contributed by atoms with E-state index in [2.05, 4.69) is 9.62 Å². The van der Waals surface area contributed by atoms with E-state index in [0.29, 0.717) is 16.3 Å². The quantitative estimate of drug-likeness (QED) is 0.744. The molecule has 0 radical (unpaired) electrons. The minimum absolute atomic E-state index is 0.0638. The van der Waals surface area contributed by atoms with Gasteiger partial charge in [-0.15, -0.1) is 11.3 Å². The molecule has 1 aliphatic heterocycles. The van der Waals surface area contributed by atoms with Crippen LogP contribution in [0.1, 0.15) is 10.4 Å². The van der Waals surface area contributed by atoms with Gasteiger partial charge < -0.3 is 4.74 Å². The minimum atomic E-state index is -3.79. The summed E-state index contributed by atoms with van der Waals surface area (Å²) in [5.41, 5.74) is 1.12. The first-order valence-electron chi connectivity index (χ1n) is 8.22. The number of ether oxygens (including phenoxy) is 1. The van der Waals surface area contributed by atoms with E-state index < -0.39 is 10.0 Å². The Morgan fingerprint density at radius 2 is 2.00 bits per heavy atom. The molecule has 0 saturated carbocycles. The second kappa shape index (κ2) is 8.46. The molecule has 0 unspecified atom stereocenters. The number of aryl methyl sites for hydroxylation is 1. The van der Waals surface area contributed by atoms with Gasteiger partial charge in [0.25, 0.3) is 10.0 Å². The summed E-state index contributed by atoms with van der Waals surface area (Å²) >= 11 is 13.6. The fourth-order valence-electron chi connectivity index (χ4n) is 2.93. The zero-order chi connectivity index (χ0) is 18.7. The standard InChI is InChI=1S/C17H20Cl2N2O3S2/c1-12-10-13(18)11-14(19)17(12)26(22,23)20-15-3-9-25-16(15)2-4-21-5-7-24-8-6-21/h3,9-11,20H,2,4-8H2,1H3. The highest BCUT2D eigenvalue weighted by atomic mass is 35.5. The Labute approximate surface area is 167 Å². The summed E-state index contributed by atoms with van der Waals surface area (Å²) in [6.07, 6.45) is 0.781. The van der Waals surface area contributed by atoms with Crippen LogP contribution in [0.15, 0.2) is 28.5 Å². The van der Waals surface area contributed by atoms with Crippen LogP contribution in [0.4, 0.5) is 5.69 Å². The lowest BCUT2D eigenvalue weighted by Gasteiger charge is -2.26. The van der Waals surface area contributed by atoms with Crippen molar-refractivity contribution in [1.29, 1.82) is 0 Å². The highest BCUT2D eigenvalue weighted by Crippen LogP contribution is 2.32. The Morgan fingerprint density at radius 1 is 1.27 bits per heavy atom. The monoisotopic (exact) mass is 434 g/mol. The van der Waals surface area contributed by atoms with Crippen molar-refractivity contribution in [2.75, 3.05) is 37.6 Å². The van der Waals surface area contributed by atoms with Gasteiger partial charge in [-0.25, -0.2) is 8.42 Å². The number of rotatable bonds is 6. The first-order chi connectivity index (χ1) is 12.4. The van der Waals surface area contributed by atoms with Gasteiger partial charge in [0.05, 0.1) is 23.9 Å². The average Bonchev–Trinajstić information content (AvgIpc) is 2.99. The number of nitrogens with zero attached hydrogens (tertiary/aromatic N) is 1. The van der Waals surface area contributed by atoms with Gasteiger partial charge in [-0.05, 0) is 42.5 Å². The SMILES string of the molecule is Cc1cc(Cl)cc(Cl)c1S(=O)(=O)Nc1ccsc1CCN1CCOCC1. The number of hydrogen-bond donors (Lipinski definition) is 1. The minimum Gasteiger partial charge on any atom is -0.379 e. The zero-order valence-electron chi connectivity index (χ0n) is 14.3. The normalized spacial score (nSPS) is 16.0. The maximum Gasteiger partial charge on any atom is 0.263 e. The Morgan fingerprint density at radius 3 is 2.69 bits per heavy atom. The summed E-state index contributed by atoms with van der Waals surface area (Å²) in [5.74, 6) is 0. The molecule has 1 fully saturated rings. The van der Waals surface area contributed by atoms with Crippen LogP contribution in [0.25, 0.3) is 0 Å². The predicted molar refractivity (Wildman–Crippen MR) is 107 cm³/mol. The van der Waals surface area contributed by atoms with E-state index >= 15 is 0 Å². The highest BCUT2D eigenvalue weighted by Gasteiger charge is 2.23. The molecule has 0 bridgehead atoms. The summed E-state index contributed by atoms with van der Waals surface area (Å²) in [7, 11) is -3.79. The van der Waals surface area contributed by atoms with E-state index in [1.54, 1.807) is 30.4 Å². The lowest BCUT2D eigenvalue weighted by atomic mass is 10.2. The molecule has 9 heteroatoms. The number of morpholine rings is 1. The highest BCUT2D eigenvalue weighted by molar-refractivity contribution is 7.93. The van der Waals surface area contributed by atoms with Gasteiger partial charge in [0.2, 0.25) is 0 Å². The van der Waals surface area contributed by atoms with Crippen LogP contribution < -0.4 is 4.72 Å². The summed E-state index contributed by atoms with van der Waals surface area (Å²) < 4.78 is 33.7. The first-order valence-corrected chi connectivity index (χ1v) is 11.3. The molecule has 5 nitrogen and oxygen atoms in total. The maximum atomic E-state index is 12.8. The number of anilines is 1. The number of thiophene rings is 1. The van der Waals surface area contributed by atoms with E-state index in [9.17, 15) is 8.42 Å². The first kappa shape index (κ1) is 19.9. The molecule has 2 heterocycles. The van der Waals surface area contributed by atoms with E-state index in [4.69, 9.17) is 27.9 Å². The van der Waals surface area contributed by atoms with Crippen LogP contribution in [-0.4, -0.2) is 46.2 Å². The molecule has 1 aliphatic rings. The maximum absolute atomic E-state index is 12.8. The number of halogens is 2. The number of nitrogens with one attached hydrogen (secondary N) is 1. The van der Waals surface area contributed by atoms with Gasteiger partial charge >= 0.3 is 0 Å². The van der Waals surface area contributed by atoms with Crippen LogP contribution in [0.2, 0.25) is 10.0 Å². The summed E-state index contributed by atoms with van der Waals surface area (Å²) in [5, 5.41) is 2.42. The van der Waals surface area contributed by atoms with Crippen molar-refractivity contribution < 1.29 is 13.2 Å². The third-order valence-electron chi connectivity index (χ3n) is 4.21. The third kappa shape index (κ3) is 4.71. The lowest BCUT2D eigenvalue weighted by Crippen LogP contribution is -2.37. The van der Waals surface area contributed by atoms with E-state index in [1.165, 1.54) is 6.07 Å². The third-order valence-corrected chi connectivity index (χ3v) is 7.39. The zero-order valence-corrected chi connectivity index (χ0v) is 17.4. The molecule has 142 valence electrons. The Balaban J connectivity index is 1.76. The number of sulfonamides is 1. The van der Waals surface area contributed by atoms with Crippen LogP contribution in [0.3, 0.4) is 0 Å². The summed E-state index contributed by atoms with van der Waals surface area (Å²) in [4.78, 5) is 3.39. The largest absolute Gasteiger partial charge is 0.379 e. The Kier molecular flexibility index (Phi) is 6.48. The van der Waals surface area contributed by atoms with Gasteiger partial charge in [-0.3, -0.25) is 9.62 Å². The smallest absolute Gasteiger partial charge is 0.263 e. The van der Waals surface area contributed by atoms with Crippen molar-refractivity contribution in [3.05, 3.63) is 44.1 Å². The van der Waals surface area contributed by atoms with Gasteiger partial charge in [0.15, 0.2) is 0 Å². The molecule has 0 aliphatic carbocycles. The van der Waals surface area contributed by atoms with Crippen LogP contribution in [0, 0.1) is 6.92 Å². The predicted octanol–water partition coefficient (Wildman–Crippen LogP) is 4.04. The topological polar surface area (TPSA) is 58.6 Å². The van der Waals surface area contributed by atoms with Crippen molar-refractivity contribution in [2.24, 2.45) is 0 Å². The van der Waals surface area contributed by atoms with Crippen molar-refractivity contribution in [3.63, 3.8) is 0 Å². The molecule has 26 heavy (non-hydrogen) atoms. The molecule has 0 atom stereocenters. The number of benzene rings is 1. The fourth-order valence-corrected chi connectivity index (χ4v) is 6.10. The molecule has 3 rings (SSSR count). The molecule has 1 aromatic carbocycles. The van der Waals surface area contributed by atoms with Crippen molar-refractivity contribution in [3.8, 4) is 0 Å². The summed E-state index contributed by atoms with van der Waals surface area (Å²) in [6.45, 7) is 5.87. The molecule has 1 N–H and O–H groups in total. The molecule has 1 saturated heterocycles. The van der Waals surface area contributed by atoms with Crippen molar-refractivity contribution in [1.82, 2.24) is 4.90 Å². The molecule has 1 aromatic heterocycles. The van der Waals surface area contributed by atoms with E-state index in [-0.39, 0.29) is 9.92 Å². The second-order valence-electron chi connectivity index (χ2n) is 6.10. The van der Waals surface area contributed by atoms with Gasteiger partial charge in [0.1, 0.15) is 4.90 Å². The average molecular weight is 435 g/mol. The molecule has 0 amide bonds. The molecule has 2 aromatic rings. The van der Waals surface area contributed by atoms with Crippen LogP contribution in [0.5, 0.6) is 0 Å². The van der Waals surface area contributed by atoms with Gasteiger partial charge in [0, 0.05) is 29.5 Å². The van der Waals surface area contributed by atoms with Gasteiger partial charge in [-0.2, -0.15) is 0 Å².